The van der Waals surface area contributed by atoms with E-state index in [0.717, 1.165) is 11.1 Å². The summed E-state index contributed by atoms with van der Waals surface area (Å²) in [6, 6.07) is 20.1. The molecule has 0 fully saturated rings. The van der Waals surface area contributed by atoms with Gasteiger partial charge in [-0.2, -0.15) is 5.10 Å². The summed E-state index contributed by atoms with van der Waals surface area (Å²) in [4.78, 5) is 23.1. The number of aromatic amines is 1. The van der Waals surface area contributed by atoms with E-state index in [9.17, 15) is 9.59 Å². The number of aromatic nitrogens is 2. The van der Waals surface area contributed by atoms with Crippen LogP contribution in [0.25, 0.3) is 11.3 Å². The first-order valence-corrected chi connectivity index (χ1v) is 8.28. The number of benzene rings is 2. The van der Waals surface area contributed by atoms with E-state index in [0.29, 0.717) is 17.8 Å². The molecule has 0 bridgehead atoms. The summed E-state index contributed by atoms with van der Waals surface area (Å²) < 4.78 is 5.38. The average Bonchev–Trinajstić information content (AvgIpc) is 2.64. The van der Waals surface area contributed by atoms with Gasteiger partial charge in [-0.25, -0.2) is 9.89 Å². The molecule has 0 aliphatic carbocycles. The summed E-state index contributed by atoms with van der Waals surface area (Å²) in [5.41, 5.74) is 2.97. The predicted octanol–water partition coefficient (Wildman–Crippen LogP) is 3.62. The number of amides is 1. The third-order valence-corrected chi connectivity index (χ3v) is 3.78. The lowest BCUT2D eigenvalue weighted by Gasteiger charge is -2.14. The van der Waals surface area contributed by atoms with Gasteiger partial charge in [0, 0.05) is 23.7 Å². The molecular formula is C20H19N3O3. The molecule has 2 aromatic carbocycles. The van der Waals surface area contributed by atoms with Gasteiger partial charge in [-0.3, -0.25) is 10.1 Å². The van der Waals surface area contributed by atoms with Crippen molar-refractivity contribution in [3.8, 4) is 11.3 Å². The predicted molar refractivity (Wildman–Crippen MR) is 100 cm³/mol. The first-order chi connectivity index (χ1) is 12.6. The van der Waals surface area contributed by atoms with Gasteiger partial charge in [0.25, 0.3) is 5.56 Å². The molecule has 6 heteroatoms. The van der Waals surface area contributed by atoms with Crippen molar-refractivity contribution in [3.63, 3.8) is 0 Å². The van der Waals surface area contributed by atoms with Gasteiger partial charge in [-0.1, -0.05) is 42.5 Å². The maximum absolute atomic E-state index is 12.0. The Morgan fingerprint density at radius 1 is 1.08 bits per heavy atom. The van der Waals surface area contributed by atoms with E-state index in [1.807, 2.05) is 49.4 Å². The van der Waals surface area contributed by atoms with Gasteiger partial charge in [0.1, 0.15) is 6.10 Å². The number of hydrogen-bond donors (Lipinski definition) is 2. The molecule has 26 heavy (non-hydrogen) atoms. The highest BCUT2D eigenvalue weighted by Gasteiger charge is 2.10. The number of nitrogens with zero attached hydrogens (tertiary/aromatic N) is 1. The van der Waals surface area contributed by atoms with Gasteiger partial charge >= 0.3 is 6.09 Å². The number of H-pyrrole nitrogens is 1. The van der Waals surface area contributed by atoms with E-state index in [1.165, 1.54) is 6.07 Å². The highest BCUT2D eigenvalue weighted by atomic mass is 16.6. The van der Waals surface area contributed by atoms with Gasteiger partial charge in [-0.05, 0) is 30.7 Å². The van der Waals surface area contributed by atoms with E-state index < -0.39 is 6.09 Å². The summed E-state index contributed by atoms with van der Waals surface area (Å²) >= 11 is 0. The smallest absolute Gasteiger partial charge is 0.411 e. The van der Waals surface area contributed by atoms with Crippen LogP contribution in [0.15, 0.2) is 71.5 Å². The van der Waals surface area contributed by atoms with Crippen molar-refractivity contribution in [1.29, 1.82) is 0 Å². The minimum Gasteiger partial charge on any atom is -0.446 e. The maximum Gasteiger partial charge on any atom is 0.411 e. The molecule has 1 aromatic heterocycles. The van der Waals surface area contributed by atoms with Crippen LogP contribution in [-0.4, -0.2) is 22.4 Å². The lowest BCUT2D eigenvalue weighted by atomic mass is 10.1. The molecule has 132 valence electrons. The molecule has 1 amide bonds. The molecule has 0 aliphatic heterocycles. The van der Waals surface area contributed by atoms with Gasteiger partial charge in [-0.15, -0.1) is 0 Å². The molecule has 0 aliphatic rings. The van der Waals surface area contributed by atoms with Crippen LogP contribution < -0.4 is 10.9 Å². The van der Waals surface area contributed by atoms with Gasteiger partial charge < -0.3 is 4.74 Å². The molecule has 0 spiro atoms. The number of carbonyl (C=O) groups is 1. The average molecular weight is 349 g/mol. The van der Waals surface area contributed by atoms with Gasteiger partial charge in [0.05, 0.1) is 5.69 Å². The third kappa shape index (κ3) is 4.80. The van der Waals surface area contributed by atoms with Crippen molar-refractivity contribution < 1.29 is 9.53 Å². The first-order valence-electron chi connectivity index (χ1n) is 8.28. The largest absolute Gasteiger partial charge is 0.446 e. The third-order valence-electron chi connectivity index (χ3n) is 3.78. The normalized spacial score (nSPS) is 11.6. The fourth-order valence-corrected chi connectivity index (χ4v) is 2.55. The van der Waals surface area contributed by atoms with Crippen molar-refractivity contribution >= 4 is 11.8 Å². The fraction of sp³-hybridized carbons (Fsp3) is 0.150. The van der Waals surface area contributed by atoms with Gasteiger partial charge in [0.15, 0.2) is 0 Å². The number of ether oxygens (including phenoxy) is 1. The molecule has 0 saturated heterocycles. The second-order valence-electron chi connectivity index (χ2n) is 5.91. The molecule has 1 atom stereocenters. The van der Waals surface area contributed by atoms with Crippen LogP contribution in [0.3, 0.4) is 0 Å². The van der Waals surface area contributed by atoms with Crippen LogP contribution in [0, 0.1) is 0 Å². The van der Waals surface area contributed by atoms with E-state index >= 15 is 0 Å². The number of hydrogen-bond acceptors (Lipinski definition) is 4. The zero-order chi connectivity index (χ0) is 18.4. The monoisotopic (exact) mass is 349 g/mol. The Morgan fingerprint density at radius 2 is 1.81 bits per heavy atom. The van der Waals surface area contributed by atoms with Crippen molar-refractivity contribution in [2.24, 2.45) is 0 Å². The van der Waals surface area contributed by atoms with E-state index in [2.05, 4.69) is 15.5 Å². The lowest BCUT2D eigenvalue weighted by Crippen LogP contribution is -2.21. The van der Waals surface area contributed by atoms with Crippen LogP contribution in [-0.2, 0) is 11.2 Å². The first kappa shape index (κ1) is 17.4. The van der Waals surface area contributed by atoms with Crippen LogP contribution in [0.4, 0.5) is 10.5 Å². The summed E-state index contributed by atoms with van der Waals surface area (Å²) in [6.07, 6.45) is -0.0733. The summed E-state index contributed by atoms with van der Waals surface area (Å²) in [5, 5.41) is 9.07. The molecule has 0 radical (unpaired) electrons. The Morgan fingerprint density at radius 3 is 2.46 bits per heavy atom. The second kappa shape index (κ2) is 8.11. The summed E-state index contributed by atoms with van der Waals surface area (Å²) in [7, 11) is 0. The quantitative estimate of drug-likeness (QED) is 0.737. The van der Waals surface area contributed by atoms with E-state index in [1.54, 1.807) is 18.2 Å². The molecule has 6 nitrogen and oxygen atoms in total. The zero-order valence-corrected chi connectivity index (χ0v) is 14.3. The Labute approximate surface area is 150 Å². The molecule has 0 saturated carbocycles. The number of rotatable bonds is 5. The molecular weight excluding hydrogens is 330 g/mol. The van der Waals surface area contributed by atoms with Crippen LogP contribution in [0.1, 0.15) is 12.5 Å². The topological polar surface area (TPSA) is 84.1 Å². The Balaban J connectivity index is 1.55. The Kier molecular flexibility index (Phi) is 5.43. The SMILES string of the molecule is CC(Cc1ccccc1)OC(=O)Nc1ccc(-c2ccc(=O)[nH]n2)cc1. The van der Waals surface area contributed by atoms with Crippen molar-refractivity contribution in [2.45, 2.75) is 19.4 Å². The minimum absolute atomic E-state index is 0.234. The molecule has 2 N–H and O–H groups in total. The van der Waals surface area contributed by atoms with Crippen LogP contribution in [0.5, 0.6) is 0 Å². The van der Waals surface area contributed by atoms with Crippen molar-refractivity contribution in [2.75, 3.05) is 5.32 Å². The van der Waals surface area contributed by atoms with Crippen molar-refractivity contribution in [1.82, 2.24) is 10.2 Å². The Bertz CT molecular complexity index is 901. The maximum atomic E-state index is 12.0. The van der Waals surface area contributed by atoms with Gasteiger partial charge in [0.2, 0.25) is 0 Å². The minimum atomic E-state index is -0.497. The van der Waals surface area contributed by atoms with E-state index in [4.69, 9.17) is 4.74 Å². The molecule has 3 rings (SSSR count). The highest BCUT2D eigenvalue weighted by molar-refractivity contribution is 5.85. The summed E-state index contributed by atoms with van der Waals surface area (Å²) in [5.74, 6) is 0. The molecule has 1 unspecified atom stereocenters. The molecule has 3 aromatic rings. The van der Waals surface area contributed by atoms with Crippen LogP contribution >= 0.6 is 0 Å². The number of carbonyl (C=O) groups excluding carboxylic acids is 1. The number of anilines is 1. The van der Waals surface area contributed by atoms with E-state index in [-0.39, 0.29) is 11.7 Å². The highest BCUT2D eigenvalue weighted by Crippen LogP contribution is 2.18. The fourth-order valence-electron chi connectivity index (χ4n) is 2.55. The molecule has 1 heterocycles. The second-order valence-corrected chi connectivity index (χ2v) is 5.91. The van der Waals surface area contributed by atoms with Crippen LogP contribution in [0.2, 0.25) is 0 Å². The Hall–Kier alpha value is -3.41. The number of nitrogens with one attached hydrogen (secondary N) is 2. The summed E-state index contributed by atoms with van der Waals surface area (Å²) in [6.45, 7) is 1.86. The lowest BCUT2D eigenvalue weighted by molar-refractivity contribution is 0.120. The van der Waals surface area contributed by atoms with Crippen molar-refractivity contribution in [3.05, 3.63) is 82.6 Å². The standard InChI is InChI=1S/C20H19N3O3/c1-14(13-15-5-3-2-4-6-15)26-20(25)21-17-9-7-16(8-10-17)18-11-12-19(24)23-22-18/h2-12,14H,13H2,1H3,(H,21,25)(H,23,24). The zero-order valence-electron chi connectivity index (χ0n) is 14.3.